The number of hydrogen-bond acceptors (Lipinski definition) is 3. The van der Waals surface area contributed by atoms with Crippen molar-refractivity contribution in [3.05, 3.63) is 24.0 Å². The van der Waals surface area contributed by atoms with Crippen LogP contribution in [0.1, 0.15) is 38.7 Å². The van der Waals surface area contributed by atoms with E-state index in [1.165, 1.54) is 0 Å². The Morgan fingerprint density at radius 2 is 2.20 bits per heavy atom. The van der Waals surface area contributed by atoms with Gasteiger partial charge < -0.3 is 9.80 Å². The van der Waals surface area contributed by atoms with Crippen molar-refractivity contribution in [1.29, 1.82) is 0 Å². The van der Waals surface area contributed by atoms with Crippen LogP contribution in [0.3, 0.4) is 0 Å². The lowest BCUT2D eigenvalue weighted by molar-refractivity contribution is -0.143. The van der Waals surface area contributed by atoms with Gasteiger partial charge in [0.15, 0.2) is 0 Å². The Morgan fingerprint density at radius 1 is 1.40 bits per heavy atom. The van der Waals surface area contributed by atoms with Gasteiger partial charge in [-0.1, -0.05) is 13.8 Å². The van der Waals surface area contributed by atoms with Gasteiger partial charge in [0, 0.05) is 57.0 Å². The lowest BCUT2D eigenvalue weighted by atomic mass is 9.83. The first-order valence-corrected chi connectivity index (χ1v) is 9.19. The second-order valence-electron chi connectivity index (χ2n) is 7.66. The fourth-order valence-corrected chi connectivity index (χ4v) is 3.98. The minimum atomic E-state index is 0.0506. The van der Waals surface area contributed by atoms with Crippen LogP contribution in [0.25, 0.3) is 6.08 Å². The molecule has 3 rings (SSSR count). The van der Waals surface area contributed by atoms with Gasteiger partial charge in [-0.2, -0.15) is 5.10 Å². The first-order valence-electron chi connectivity index (χ1n) is 9.19. The van der Waals surface area contributed by atoms with E-state index in [1.54, 1.807) is 17.0 Å². The maximum atomic E-state index is 12.5. The van der Waals surface area contributed by atoms with E-state index < -0.39 is 0 Å². The van der Waals surface area contributed by atoms with Gasteiger partial charge in [0.2, 0.25) is 11.8 Å². The molecule has 0 spiro atoms. The number of rotatable bonds is 4. The van der Waals surface area contributed by atoms with E-state index in [1.807, 2.05) is 24.2 Å². The van der Waals surface area contributed by atoms with Crippen molar-refractivity contribution in [3.63, 3.8) is 0 Å². The second kappa shape index (κ2) is 7.42. The first kappa shape index (κ1) is 17.7. The number of carbonyl (C=O) groups is 2. The topological polar surface area (TPSA) is 58.4 Å². The normalized spacial score (nSPS) is 24.2. The van der Waals surface area contributed by atoms with Gasteiger partial charge in [-0.3, -0.25) is 14.3 Å². The zero-order valence-electron chi connectivity index (χ0n) is 15.4. The van der Waals surface area contributed by atoms with E-state index in [-0.39, 0.29) is 11.8 Å². The Kier molecular flexibility index (Phi) is 5.25. The monoisotopic (exact) mass is 344 g/mol. The molecule has 6 nitrogen and oxygen atoms in total. The average molecular weight is 344 g/mol. The van der Waals surface area contributed by atoms with Crippen LogP contribution in [0.4, 0.5) is 0 Å². The Labute approximate surface area is 149 Å². The maximum absolute atomic E-state index is 12.5. The van der Waals surface area contributed by atoms with E-state index in [0.717, 1.165) is 38.0 Å². The number of likely N-dealkylation sites (tertiary alicyclic amines) is 2. The molecule has 6 heteroatoms. The number of amides is 2. The van der Waals surface area contributed by atoms with Crippen LogP contribution in [0.2, 0.25) is 0 Å². The van der Waals surface area contributed by atoms with Crippen LogP contribution < -0.4 is 0 Å². The summed E-state index contributed by atoms with van der Waals surface area (Å²) in [6.07, 6.45) is 9.47. The summed E-state index contributed by atoms with van der Waals surface area (Å²) in [6, 6.07) is 0.301. The number of fused-ring (bicyclic) bond motifs is 1. The fourth-order valence-electron chi connectivity index (χ4n) is 3.98. The molecule has 25 heavy (non-hydrogen) atoms. The zero-order valence-corrected chi connectivity index (χ0v) is 15.4. The van der Waals surface area contributed by atoms with Gasteiger partial charge in [-0.15, -0.1) is 0 Å². The largest absolute Gasteiger partial charge is 0.339 e. The summed E-state index contributed by atoms with van der Waals surface area (Å²) in [5.74, 6) is 1.21. The molecular formula is C19H28N4O2. The third-order valence-electron chi connectivity index (χ3n) is 5.16. The van der Waals surface area contributed by atoms with Crippen molar-refractivity contribution < 1.29 is 9.59 Å². The molecule has 2 saturated heterocycles. The van der Waals surface area contributed by atoms with E-state index in [9.17, 15) is 9.59 Å². The van der Waals surface area contributed by atoms with Crippen molar-refractivity contribution >= 4 is 17.9 Å². The number of carbonyl (C=O) groups excluding carboxylic acids is 2. The predicted octanol–water partition coefficient (Wildman–Crippen LogP) is 1.93. The Morgan fingerprint density at radius 3 is 2.88 bits per heavy atom. The van der Waals surface area contributed by atoms with Gasteiger partial charge in [0.1, 0.15) is 0 Å². The lowest BCUT2D eigenvalue weighted by Crippen LogP contribution is -2.57. The van der Waals surface area contributed by atoms with E-state index in [4.69, 9.17) is 0 Å². The maximum Gasteiger partial charge on any atom is 0.246 e. The van der Waals surface area contributed by atoms with Crippen LogP contribution >= 0.6 is 0 Å². The van der Waals surface area contributed by atoms with Crippen LogP contribution in [0.15, 0.2) is 18.5 Å². The third kappa shape index (κ3) is 4.11. The van der Waals surface area contributed by atoms with E-state index >= 15 is 0 Å². The molecule has 0 N–H and O–H groups in total. The summed E-state index contributed by atoms with van der Waals surface area (Å²) in [4.78, 5) is 28.8. The van der Waals surface area contributed by atoms with E-state index in [0.29, 0.717) is 24.3 Å². The second-order valence-corrected chi connectivity index (χ2v) is 7.66. The summed E-state index contributed by atoms with van der Waals surface area (Å²) in [7, 11) is 1.86. The standard InChI is InChI=1S/C19H28N4O2/c1-14(2)11-23-17-8-9-22(13-16(17)5-7-19(23)25)18(24)6-4-15-10-20-21(3)12-15/h4,6,10,12,14,16-17H,5,7-9,11,13H2,1-3H3/t16-,17+/m0/s1. The highest BCUT2D eigenvalue weighted by atomic mass is 16.2. The molecule has 0 saturated carbocycles. The Balaban J connectivity index is 1.61. The van der Waals surface area contributed by atoms with Gasteiger partial charge in [0.25, 0.3) is 0 Å². The number of nitrogens with zero attached hydrogens (tertiary/aromatic N) is 4. The molecule has 1 aromatic rings. The number of hydrogen-bond donors (Lipinski definition) is 0. The molecule has 0 bridgehead atoms. The molecule has 2 aliphatic heterocycles. The number of aryl methyl sites for hydroxylation is 1. The van der Waals surface area contributed by atoms with Crippen molar-refractivity contribution in [2.24, 2.45) is 18.9 Å². The summed E-state index contributed by atoms with van der Waals surface area (Å²) >= 11 is 0. The number of aromatic nitrogens is 2. The summed E-state index contributed by atoms with van der Waals surface area (Å²) in [6.45, 7) is 6.61. The van der Waals surface area contributed by atoms with Crippen LogP contribution in [0, 0.1) is 11.8 Å². The Bertz CT molecular complexity index is 664. The molecule has 2 fully saturated rings. The average Bonchev–Trinajstić information content (AvgIpc) is 3.00. The molecular weight excluding hydrogens is 316 g/mol. The zero-order chi connectivity index (χ0) is 18.0. The van der Waals surface area contributed by atoms with Crippen molar-refractivity contribution in [3.8, 4) is 0 Å². The van der Waals surface area contributed by atoms with Gasteiger partial charge in [-0.25, -0.2) is 0 Å². The quantitative estimate of drug-likeness (QED) is 0.784. The first-order chi connectivity index (χ1) is 11.9. The molecule has 0 aromatic carbocycles. The molecule has 3 heterocycles. The smallest absolute Gasteiger partial charge is 0.246 e. The highest BCUT2D eigenvalue weighted by Crippen LogP contribution is 2.32. The van der Waals surface area contributed by atoms with Crippen LogP contribution in [0.5, 0.6) is 0 Å². The molecule has 136 valence electrons. The third-order valence-corrected chi connectivity index (χ3v) is 5.16. The van der Waals surface area contributed by atoms with Crippen molar-refractivity contribution in [1.82, 2.24) is 19.6 Å². The van der Waals surface area contributed by atoms with Gasteiger partial charge in [-0.05, 0) is 30.8 Å². The molecule has 0 aliphatic carbocycles. The van der Waals surface area contributed by atoms with Gasteiger partial charge >= 0.3 is 0 Å². The predicted molar refractivity (Wildman–Crippen MR) is 96.5 cm³/mol. The highest BCUT2D eigenvalue weighted by molar-refractivity contribution is 5.91. The van der Waals surface area contributed by atoms with Gasteiger partial charge in [0.05, 0.1) is 6.20 Å². The Hall–Kier alpha value is -2.11. The summed E-state index contributed by atoms with van der Waals surface area (Å²) < 4.78 is 1.72. The van der Waals surface area contributed by atoms with E-state index in [2.05, 4.69) is 23.8 Å². The fraction of sp³-hybridized carbons (Fsp3) is 0.632. The SMILES string of the molecule is CC(C)CN1C(=O)CC[C@H]2CN(C(=O)C=Cc3cnn(C)c3)CC[C@H]21. The van der Waals surface area contributed by atoms with Crippen molar-refractivity contribution in [2.75, 3.05) is 19.6 Å². The lowest BCUT2D eigenvalue weighted by Gasteiger charge is -2.47. The molecule has 0 unspecified atom stereocenters. The number of piperidine rings is 2. The highest BCUT2D eigenvalue weighted by Gasteiger charge is 2.39. The van der Waals surface area contributed by atoms with Crippen LogP contribution in [-0.2, 0) is 16.6 Å². The van der Waals surface area contributed by atoms with Crippen molar-refractivity contribution in [2.45, 2.75) is 39.2 Å². The van der Waals surface area contributed by atoms with Crippen LogP contribution in [-0.4, -0.2) is 57.1 Å². The summed E-state index contributed by atoms with van der Waals surface area (Å²) in [5, 5.41) is 4.10. The molecule has 1 aromatic heterocycles. The molecule has 0 radical (unpaired) electrons. The molecule has 2 aliphatic rings. The minimum absolute atomic E-state index is 0.0506. The summed E-state index contributed by atoms with van der Waals surface area (Å²) in [5.41, 5.74) is 0.928. The minimum Gasteiger partial charge on any atom is -0.339 e. The molecule has 2 amide bonds. The molecule has 2 atom stereocenters.